The first-order valence-corrected chi connectivity index (χ1v) is 12.6. The second-order valence-electron chi connectivity index (χ2n) is 8.95. The number of thiazole rings is 1. The van der Waals surface area contributed by atoms with Crippen molar-refractivity contribution >= 4 is 17.0 Å². The lowest BCUT2D eigenvalue weighted by Crippen LogP contribution is -2.16. The molecule has 1 atom stereocenters. The van der Waals surface area contributed by atoms with Crippen molar-refractivity contribution in [2.75, 3.05) is 5.32 Å². The average Bonchev–Trinajstić information content (AvgIpc) is 3.33. The molecule has 32 heavy (non-hydrogen) atoms. The molecular formula is C29H36N2S. The molecule has 0 amide bonds. The number of allylic oxidation sites excluding steroid dienone is 4. The van der Waals surface area contributed by atoms with Gasteiger partial charge in [-0.25, -0.2) is 4.98 Å². The summed E-state index contributed by atoms with van der Waals surface area (Å²) in [6.45, 7) is 11.2. The van der Waals surface area contributed by atoms with Gasteiger partial charge in [-0.1, -0.05) is 100 Å². The number of nitrogens with one attached hydrogen (secondary N) is 1. The number of para-hydroxylation sites is 1. The molecular weight excluding hydrogens is 408 g/mol. The SMILES string of the molecule is CC(C)c1cccc(C(C)C)c1NC(c1ccccc1)c1cscn1.CC1=CCCC=C1. The Balaban J connectivity index is 0.000000352. The summed E-state index contributed by atoms with van der Waals surface area (Å²) >= 11 is 1.64. The Kier molecular flexibility index (Phi) is 8.87. The number of benzene rings is 2. The Labute approximate surface area is 198 Å². The average molecular weight is 445 g/mol. The number of rotatable bonds is 6. The van der Waals surface area contributed by atoms with Gasteiger partial charge in [0.15, 0.2) is 0 Å². The van der Waals surface area contributed by atoms with Gasteiger partial charge < -0.3 is 5.32 Å². The molecule has 1 N–H and O–H groups in total. The van der Waals surface area contributed by atoms with Crippen LogP contribution in [-0.4, -0.2) is 4.98 Å². The van der Waals surface area contributed by atoms with Crippen LogP contribution in [-0.2, 0) is 0 Å². The van der Waals surface area contributed by atoms with Gasteiger partial charge in [0.05, 0.1) is 17.2 Å². The monoisotopic (exact) mass is 444 g/mol. The van der Waals surface area contributed by atoms with Crippen LogP contribution in [0.25, 0.3) is 0 Å². The van der Waals surface area contributed by atoms with E-state index in [2.05, 4.69) is 117 Å². The van der Waals surface area contributed by atoms with Gasteiger partial charge in [0.25, 0.3) is 0 Å². The van der Waals surface area contributed by atoms with Gasteiger partial charge in [0.2, 0.25) is 0 Å². The number of nitrogens with zero attached hydrogens (tertiary/aromatic N) is 1. The molecule has 168 valence electrons. The van der Waals surface area contributed by atoms with Crippen molar-refractivity contribution in [3.8, 4) is 0 Å². The van der Waals surface area contributed by atoms with Crippen molar-refractivity contribution < 1.29 is 0 Å². The minimum atomic E-state index is 0.0600. The van der Waals surface area contributed by atoms with Crippen molar-refractivity contribution in [3.63, 3.8) is 0 Å². The maximum Gasteiger partial charge on any atom is 0.0948 e. The summed E-state index contributed by atoms with van der Waals surface area (Å²) in [5, 5.41) is 5.98. The van der Waals surface area contributed by atoms with E-state index in [1.54, 1.807) is 11.3 Å². The fourth-order valence-corrected chi connectivity index (χ4v) is 4.52. The van der Waals surface area contributed by atoms with Crippen molar-refractivity contribution in [1.29, 1.82) is 0 Å². The Hall–Kier alpha value is -2.65. The molecule has 0 bridgehead atoms. The molecule has 0 aliphatic heterocycles. The molecule has 3 aromatic rings. The summed E-state index contributed by atoms with van der Waals surface area (Å²) in [7, 11) is 0. The maximum absolute atomic E-state index is 4.59. The Morgan fingerprint density at radius 3 is 2.03 bits per heavy atom. The minimum absolute atomic E-state index is 0.0600. The molecule has 0 fully saturated rings. The Bertz CT molecular complexity index is 988. The highest BCUT2D eigenvalue weighted by atomic mass is 32.1. The van der Waals surface area contributed by atoms with Crippen molar-refractivity contribution in [3.05, 3.63) is 106 Å². The van der Waals surface area contributed by atoms with Crippen molar-refractivity contribution in [1.82, 2.24) is 4.98 Å². The van der Waals surface area contributed by atoms with E-state index in [0.717, 1.165) is 5.69 Å². The van der Waals surface area contributed by atoms with Crippen LogP contribution < -0.4 is 5.32 Å². The van der Waals surface area contributed by atoms with Crippen LogP contribution in [0.3, 0.4) is 0 Å². The summed E-state index contributed by atoms with van der Waals surface area (Å²) in [5.74, 6) is 0.932. The summed E-state index contributed by atoms with van der Waals surface area (Å²) in [5.41, 5.74) is 9.61. The first-order valence-electron chi connectivity index (χ1n) is 11.6. The van der Waals surface area contributed by atoms with Crippen LogP contribution in [0.4, 0.5) is 5.69 Å². The van der Waals surface area contributed by atoms with Gasteiger partial charge in [-0.3, -0.25) is 0 Å². The Morgan fingerprint density at radius 2 is 1.56 bits per heavy atom. The van der Waals surface area contributed by atoms with Crippen molar-refractivity contribution in [2.45, 2.75) is 65.3 Å². The highest BCUT2D eigenvalue weighted by molar-refractivity contribution is 7.07. The van der Waals surface area contributed by atoms with E-state index in [-0.39, 0.29) is 6.04 Å². The normalized spacial score (nSPS) is 14.0. The quantitative estimate of drug-likeness (QED) is 0.410. The molecule has 0 saturated heterocycles. The standard InChI is InChI=1S/C22H26N2S.C7H10/c1-15(2)18-11-8-12-19(16(3)4)22(18)24-21(20-13-25-14-23-20)17-9-6-5-7-10-17;1-7-5-3-2-4-6-7/h5-16,21,24H,1-4H3;3,5-6H,2,4H2,1H3. The zero-order valence-corrected chi connectivity index (χ0v) is 20.8. The van der Waals surface area contributed by atoms with Crippen LogP contribution in [0.2, 0.25) is 0 Å². The van der Waals surface area contributed by atoms with E-state index in [0.29, 0.717) is 11.8 Å². The number of aromatic nitrogens is 1. The van der Waals surface area contributed by atoms with Gasteiger partial charge >= 0.3 is 0 Å². The molecule has 4 rings (SSSR count). The van der Waals surface area contributed by atoms with E-state index < -0.39 is 0 Å². The molecule has 3 heteroatoms. The largest absolute Gasteiger partial charge is 0.372 e. The molecule has 1 unspecified atom stereocenters. The molecule has 2 aromatic carbocycles. The zero-order chi connectivity index (χ0) is 22.9. The highest BCUT2D eigenvalue weighted by Crippen LogP contribution is 2.36. The molecule has 1 aliphatic carbocycles. The fraction of sp³-hybridized carbons (Fsp3) is 0.345. The highest BCUT2D eigenvalue weighted by Gasteiger charge is 2.21. The van der Waals surface area contributed by atoms with Gasteiger partial charge in [0, 0.05) is 11.1 Å². The lowest BCUT2D eigenvalue weighted by Gasteiger charge is -2.26. The fourth-order valence-electron chi connectivity index (χ4n) is 3.94. The van der Waals surface area contributed by atoms with Crippen LogP contribution >= 0.6 is 11.3 Å². The molecule has 0 spiro atoms. The van der Waals surface area contributed by atoms with Gasteiger partial charge in [0.1, 0.15) is 0 Å². The summed E-state index contributed by atoms with van der Waals surface area (Å²) in [6, 6.07) is 17.3. The molecule has 1 heterocycles. The smallest absolute Gasteiger partial charge is 0.0948 e. The number of hydrogen-bond donors (Lipinski definition) is 1. The minimum Gasteiger partial charge on any atom is -0.372 e. The van der Waals surface area contributed by atoms with E-state index in [1.165, 1.54) is 40.8 Å². The van der Waals surface area contributed by atoms with Gasteiger partial charge in [-0.05, 0) is 48.3 Å². The summed E-state index contributed by atoms with van der Waals surface area (Å²) in [4.78, 5) is 4.59. The van der Waals surface area contributed by atoms with E-state index in [4.69, 9.17) is 0 Å². The second-order valence-corrected chi connectivity index (χ2v) is 9.67. The predicted octanol–water partition coefficient (Wildman–Crippen LogP) is 8.87. The molecule has 2 nitrogen and oxygen atoms in total. The summed E-state index contributed by atoms with van der Waals surface area (Å²) in [6.07, 6.45) is 9.12. The topological polar surface area (TPSA) is 24.9 Å². The zero-order valence-electron chi connectivity index (χ0n) is 20.0. The molecule has 0 saturated carbocycles. The van der Waals surface area contributed by atoms with E-state index >= 15 is 0 Å². The van der Waals surface area contributed by atoms with Crippen LogP contribution in [0, 0.1) is 0 Å². The van der Waals surface area contributed by atoms with Gasteiger partial charge in [-0.2, -0.15) is 0 Å². The second kappa shape index (κ2) is 11.8. The van der Waals surface area contributed by atoms with E-state index in [9.17, 15) is 0 Å². The summed E-state index contributed by atoms with van der Waals surface area (Å²) < 4.78 is 0. The molecule has 1 aliphatic rings. The maximum atomic E-state index is 4.59. The van der Waals surface area contributed by atoms with E-state index in [1.807, 2.05) is 5.51 Å². The third kappa shape index (κ3) is 6.43. The third-order valence-corrected chi connectivity index (χ3v) is 6.33. The van der Waals surface area contributed by atoms with Gasteiger partial charge in [-0.15, -0.1) is 11.3 Å². The first-order chi connectivity index (χ1) is 15.5. The van der Waals surface area contributed by atoms with Crippen LogP contribution in [0.1, 0.15) is 87.7 Å². The number of hydrogen-bond acceptors (Lipinski definition) is 3. The lowest BCUT2D eigenvalue weighted by molar-refractivity contribution is 0.816. The van der Waals surface area contributed by atoms with Crippen LogP contribution in [0.15, 0.2) is 83.2 Å². The molecule has 0 radical (unpaired) electrons. The molecule has 1 aromatic heterocycles. The first kappa shape index (κ1) is 24.0. The Morgan fingerprint density at radius 1 is 0.875 bits per heavy atom. The third-order valence-electron chi connectivity index (χ3n) is 5.72. The predicted molar refractivity (Wildman–Crippen MR) is 141 cm³/mol. The lowest BCUT2D eigenvalue weighted by atomic mass is 9.91. The van der Waals surface area contributed by atoms with Crippen LogP contribution in [0.5, 0.6) is 0 Å². The number of anilines is 1. The van der Waals surface area contributed by atoms with Crippen molar-refractivity contribution in [2.24, 2.45) is 0 Å².